The zero-order valence-corrected chi connectivity index (χ0v) is 12.8. The average molecular weight is 348 g/mol. The first kappa shape index (κ1) is 14.2. The second-order valence-corrected chi connectivity index (χ2v) is 5.92. The number of aromatic nitrogens is 2. The Morgan fingerprint density at radius 1 is 1.29 bits per heavy atom. The summed E-state index contributed by atoms with van der Waals surface area (Å²) in [6.45, 7) is 0.480. The van der Waals surface area contributed by atoms with Gasteiger partial charge in [-0.05, 0) is 18.2 Å². The molecule has 3 rings (SSSR count). The van der Waals surface area contributed by atoms with E-state index in [9.17, 15) is 9.90 Å². The summed E-state index contributed by atoms with van der Waals surface area (Å²) in [6.07, 6.45) is 2.00. The number of hydrogen-bond donors (Lipinski definition) is 1. The van der Waals surface area contributed by atoms with Crippen LogP contribution in [0, 0.1) is 5.92 Å². The predicted octanol–water partition coefficient (Wildman–Crippen LogP) is 2.25. The number of rotatable bonds is 3. The Kier molecular flexibility index (Phi) is 3.98. The number of aliphatic hydroxyl groups is 1. The van der Waals surface area contributed by atoms with Gasteiger partial charge in [0.15, 0.2) is 0 Å². The summed E-state index contributed by atoms with van der Waals surface area (Å²) < 4.78 is 1.00. The SMILES string of the molecule is O=C1CC(CO)CN1c1nccc(-c2ccc(Br)cc2)n1. The molecule has 108 valence electrons. The molecule has 0 aliphatic carbocycles. The first-order valence-electron chi connectivity index (χ1n) is 6.67. The summed E-state index contributed by atoms with van der Waals surface area (Å²) in [6, 6.07) is 9.62. The van der Waals surface area contributed by atoms with Crippen LogP contribution >= 0.6 is 15.9 Å². The van der Waals surface area contributed by atoms with Gasteiger partial charge in [0, 0.05) is 41.7 Å². The summed E-state index contributed by atoms with van der Waals surface area (Å²) >= 11 is 3.40. The lowest BCUT2D eigenvalue weighted by Crippen LogP contribution is -2.27. The molecule has 1 amide bonds. The molecule has 1 fully saturated rings. The lowest BCUT2D eigenvalue weighted by Gasteiger charge is -2.14. The number of hydrogen-bond acceptors (Lipinski definition) is 4. The molecule has 0 bridgehead atoms. The molecule has 2 aromatic rings. The topological polar surface area (TPSA) is 66.3 Å². The summed E-state index contributed by atoms with van der Waals surface area (Å²) in [5.41, 5.74) is 1.74. The highest BCUT2D eigenvalue weighted by Crippen LogP contribution is 2.25. The van der Waals surface area contributed by atoms with Gasteiger partial charge in [0.05, 0.1) is 5.69 Å². The third-order valence-corrected chi connectivity index (χ3v) is 4.02. The largest absolute Gasteiger partial charge is 0.396 e. The van der Waals surface area contributed by atoms with Crippen molar-refractivity contribution < 1.29 is 9.90 Å². The zero-order valence-electron chi connectivity index (χ0n) is 11.2. The molecule has 21 heavy (non-hydrogen) atoms. The monoisotopic (exact) mass is 347 g/mol. The molecule has 0 spiro atoms. The molecule has 1 aromatic heterocycles. The highest BCUT2D eigenvalue weighted by molar-refractivity contribution is 9.10. The van der Waals surface area contributed by atoms with Gasteiger partial charge in [0.1, 0.15) is 0 Å². The van der Waals surface area contributed by atoms with E-state index in [2.05, 4.69) is 25.9 Å². The molecule has 1 N–H and O–H groups in total. The van der Waals surface area contributed by atoms with E-state index in [4.69, 9.17) is 0 Å². The van der Waals surface area contributed by atoms with Crippen LogP contribution in [0.15, 0.2) is 41.0 Å². The van der Waals surface area contributed by atoms with Crippen molar-refractivity contribution in [3.05, 3.63) is 41.0 Å². The first-order valence-corrected chi connectivity index (χ1v) is 7.47. The molecule has 1 unspecified atom stereocenters. The van der Waals surface area contributed by atoms with Gasteiger partial charge in [-0.2, -0.15) is 0 Å². The van der Waals surface area contributed by atoms with Crippen molar-refractivity contribution in [3.63, 3.8) is 0 Å². The molecule has 5 nitrogen and oxygen atoms in total. The van der Waals surface area contributed by atoms with E-state index < -0.39 is 0 Å². The maximum absolute atomic E-state index is 12.0. The minimum Gasteiger partial charge on any atom is -0.396 e. The van der Waals surface area contributed by atoms with Crippen LogP contribution in [-0.4, -0.2) is 34.1 Å². The molecule has 1 aliphatic heterocycles. The first-order chi connectivity index (χ1) is 10.2. The van der Waals surface area contributed by atoms with Crippen LogP contribution in [0.25, 0.3) is 11.3 Å². The molecule has 1 saturated heterocycles. The lowest BCUT2D eigenvalue weighted by atomic mass is 10.1. The Hall–Kier alpha value is -1.79. The number of aliphatic hydroxyl groups excluding tert-OH is 1. The maximum Gasteiger partial charge on any atom is 0.232 e. The van der Waals surface area contributed by atoms with E-state index in [0.29, 0.717) is 18.9 Å². The van der Waals surface area contributed by atoms with Gasteiger partial charge in [0.25, 0.3) is 0 Å². The summed E-state index contributed by atoms with van der Waals surface area (Å²) in [4.78, 5) is 22.2. The van der Waals surface area contributed by atoms with E-state index in [0.717, 1.165) is 15.7 Å². The highest BCUT2D eigenvalue weighted by atomic mass is 79.9. The summed E-state index contributed by atoms with van der Waals surface area (Å²) in [7, 11) is 0. The minimum atomic E-state index is -0.0398. The van der Waals surface area contributed by atoms with Crippen LogP contribution in [0.1, 0.15) is 6.42 Å². The Bertz CT molecular complexity index is 660. The van der Waals surface area contributed by atoms with E-state index in [1.807, 2.05) is 30.3 Å². The molecule has 0 radical (unpaired) electrons. The van der Waals surface area contributed by atoms with Crippen LogP contribution in [0.5, 0.6) is 0 Å². The normalized spacial score (nSPS) is 18.3. The third kappa shape index (κ3) is 2.96. The Morgan fingerprint density at radius 3 is 2.71 bits per heavy atom. The standard InChI is InChI=1S/C15H14BrN3O2/c16-12-3-1-11(2-4-12)13-5-6-17-15(18-13)19-8-10(9-20)7-14(19)21/h1-6,10,20H,7-9H2. The number of nitrogens with zero attached hydrogens (tertiary/aromatic N) is 3. The number of carbonyl (C=O) groups excluding carboxylic acids is 1. The second kappa shape index (κ2) is 5.91. The molecule has 1 atom stereocenters. The van der Waals surface area contributed by atoms with Crippen molar-refractivity contribution >= 4 is 27.8 Å². The molecule has 1 aliphatic rings. The van der Waals surface area contributed by atoms with Crippen LogP contribution in [0.3, 0.4) is 0 Å². The van der Waals surface area contributed by atoms with Gasteiger partial charge in [0.2, 0.25) is 11.9 Å². The van der Waals surface area contributed by atoms with Gasteiger partial charge in [-0.1, -0.05) is 28.1 Å². The van der Waals surface area contributed by atoms with Crippen molar-refractivity contribution in [1.82, 2.24) is 9.97 Å². The molecular weight excluding hydrogens is 334 g/mol. The maximum atomic E-state index is 12.0. The third-order valence-electron chi connectivity index (χ3n) is 3.49. The van der Waals surface area contributed by atoms with Crippen molar-refractivity contribution in [2.24, 2.45) is 5.92 Å². The Balaban J connectivity index is 1.90. The number of benzene rings is 1. The van der Waals surface area contributed by atoms with Crippen molar-refractivity contribution in [3.8, 4) is 11.3 Å². The highest BCUT2D eigenvalue weighted by Gasteiger charge is 2.31. The smallest absolute Gasteiger partial charge is 0.232 e. The van der Waals surface area contributed by atoms with Crippen molar-refractivity contribution in [2.45, 2.75) is 6.42 Å². The molecule has 6 heteroatoms. The Morgan fingerprint density at radius 2 is 2.05 bits per heavy atom. The number of carbonyl (C=O) groups is 1. The van der Waals surface area contributed by atoms with Gasteiger partial charge < -0.3 is 5.11 Å². The number of halogens is 1. The number of anilines is 1. The fraction of sp³-hybridized carbons (Fsp3) is 0.267. The van der Waals surface area contributed by atoms with Crippen LogP contribution in [0.4, 0.5) is 5.95 Å². The fourth-order valence-corrected chi connectivity index (χ4v) is 2.62. The molecular formula is C15H14BrN3O2. The zero-order chi connectivity index (χ0) is 14.8. The van der Waals surface area contributed by atoms with E-state index >= 15 is 0 Å². The summed E-state index contributed by atoms with van der Waals surface area (Å²) in [5, 5.41) is 9.18. The van der Waals surface area contributed by atoms with Crippen molar-refractivity contribution in [1.29, 1.82) is 0 Å². The van der Waals surface area contributed by atoms with Crippen molar-refractivity contribution in [2.75, 3.05) is 18.1 Å². The summed E-state index contributed by atoms with van der Waals surface area (Å²) in [5.74, 6) is 0.329. The minimum absolute atomic E-state index is 0.00857. The van der Waals surface area contributed by atoms with Crippen LogP contribution < -0.4 is 4.90 Å². The van der Waals surface area contributed by atoms with E-state index in [1.54, 1.807) is 11.1 Å². The van der Waals surface area contributed by atoms with Crippen LogP contribution in [-0.2, 0) is 4.79 Å². The van der Waals surface area contributed by atoms with Gasteiger partial charge >= 0.3 is 0 Å². The van der Waals surface area contributed by atoms with Gasteiger partial charge in [-0.15, -0.1) is 0 Å². The second-order valence-electron chi connectivity index (χ2n) is 5.01. The Labute approximate surface area is 130 Å². The van der Waals surface area contributed by atoms with E-state index in [1.165, 1.54) is 0 Å². The lowest BCUT2D eigenvalue weighted by molar-refractivity contribution is -0.117. The van der Waals surface area contributed by atoms with Gasteiger partial charge in [-0.3, -0.25) is 9.69 Å². The molecule has 0 saturated carbocycles. The number of amides is 1. The molecule has 2 heterocycles. The van der Waals surface area contributed by atoms with Gasteiger partial charge in [-0.25, -0.2) is 9.97 Å². The molecule has 1 aromatic carbocycles. The fourth-order valence-electron chi connectivity index (χ4n) is 2.36. The van der Waals surface area contributed by atoms with Crippen LogP contribution in [0.2, 0.25) is 0 Å². The average Bonchev–Trinajstić information content (AvgIpc) is 2.89. The van der Waals surface area contributed by atoms with E-state index in [-0.39, 0.29) is 18.4 Å². The predicted molar refractivity (Wildman–Crippen MR) is 82.7 cm³/mol. The quantitative estimate of drug-likeness (QED) is 0.924.